The second kappa shape index (κ2) is 6.60. The van der Waals surface area contributed by atoms with Gasteiger partial charge in [0.25, 0.3) is 5.56 Å². The molecule has 1 aromatic rings. The molecule has 0 aromatic carbocycles. The zero-order valence-electron chi connectivity index (χ0n) is 13.3. The molecule has 1 fully saturated rings. The quantitative estimate of drug-likeness (QED) is 0.874. The van der Waals surface area contributed by atoms with Crippen molar-refractivity contribution in [3.63, 3.8) is 0 Å². The number of aliphatic hydroxyl groups excluding tert-OH is 1. The first-order valence-corrected chi connectivity index (χ1v) is 7.90. The fourth-order valence-corrected chi connectivity index (χ4v) is 3.28. The van der Waals surface area contributed by atoms with Gasteiger partial charge in [-0.1, -0.05) is 33.6 Å². The molecule has 2 unspecified atom stereocenters. The largest absolute Gasteiger partial charge is 0.394 e. The summed E-state index contributed by atoms with van der Waals surface area (Å²) in [6, 6.07) is 0. The average molecular weight is 293 g/mol. The molecule has 0 saturated heterocycles. The van der Waals surface area contributed by atoms with Gasteiger partial charge >= 0.3 is 0 Å². The van der Waals surface area contributed by atoms with E-state index in [1.54, 1.807) is 17.0 Å². The van der Waals surface area contributed by atoms with Crippen LogP contribution in [-0.2, 0) is 6.54 Å². The monoisotopic (exact) mass is 293 g/mol. The predicted octanol–water partition coefficient (Wildman–Crippen LogP) is 2.25. The van der Waals surface area contributed by atoms with E-state index >= 15 is 0 Å². The molecule has 0 aliphatic heterocycles. The number of anilines is 1. The first-order chi connectivity index (χ1) is 9.96. The highest BCUT2D eigenvalue weighted by atomic mass is 16.3. The Hall–Kier alpha value is -1.36. The molecule has 1 aliphatic rings. The van der Waals surface area contributed by atoms with Crippen molar-refractivity contribution in [3.05, 3.63) is 22.7 Å². The normalized spacial score (nSPS) is 26.0. The Bertz CT molecular complexity index is 526. The molecule has 1 aliphatic carbocycles. The smallest absolute Gasteiger partial charge is 0.293 e. The van der Waals surface area contributed by atoms with Gasteiger partial charge in [0.2, 0.25) is 0 Å². The van der Waals surface area contributed by atoms with E-state index in [-0.39, 0.29) is 12.2 Å². The standard InChI is InChI=1S/C16H27N3O2/c1-12(2)10-19-8-7-17-14(15(19)21)18-16(11-20)6-4-5-13(3)9-16/h7-8,12-13,20H,4-6,9-11H2,1-3H3,(H,17,18). The maximum Gasteiger partial charge on any atom is 0.293 e. The maximum absolute atomic E-state index is 12.5. The van der Waals surface area contributed by atoms with Gasteiger partial charge in [-0.15, -0.1) is 0 Å². The summed E-state index contributed by atoms with van der Waals surface area (Å²) in [5, 5.41) is 13.1. The lowest BCUT2D eigenvalue weighted by atomic mass is 9.77. The summed E-state index contributed by atoms with van der Waals surface area (Å²) < 4.78 is 1.69. The maximum atomic E-state index is 12.5. The predicted molar refractivity (Wildman–Crippen MR) is 84.4 cm³/mol. The van der Waals surface area contributed by atoms with Gasteiger partial charge in [-0.2, -0.15) is 0 Å². The summed E-state index contributed by atoms with van der Waals surface area (Å²) >= 11 is 0. The highest BCUT2D eigenvalue weighted by molar-refractivity contribution is 5.35. The van der Waals surface area contributed by atoms with Crippen LogP contribution in [0.5, 0.6) is 0 Å². The molecule has 0 bridgehead atoms. The van der Waals surface area contributed by atoms with Crippen LogP contribution in [-0.4, -0.2) is 26.8 Å². The zero-order chi connectivity index (χ0) is 15.5. The van der Waals surface area contributed by atoms with E-state index in [2.05, 4.69) is 31.1 Å². The van der Waals surface area contributed by atoms with Crippen LogP contribution >= 0.6 is 0 Å². The Labute approximate surface area is 126 Å². The fraction of sp³-hybridized carbons (Fsp3) is 0.750. The van der Waals surface area contributed by atoms with Crippen LogP contribution < -0.4 is 10.9 Å². The Morgan fingerprint density at radius 2 is 2.33 bits per heavy atom. The number of nitrogens with zero attached hydrogens (tertiary/aromatic N) is 2. The Morgan fingerprint density at radius 1 is 1.57 bits per heavy atom. The van der Waals surface area contributed by atoms with Crippen LogP contribution in [0.3, 0.4) is 0 Å². The van der Waals surface area contributed by atoms with Gasteiger partial charge < -0.3 is 15.0 Å². The number of hydrogen-bond acceptors (Lipinski definition) is 4. The number of hydrogen-bond donors (Lipinski definition) is 2. The lowest BCUT2D eigenvalue weighted by Crippen LogP contribution is -2.47. The van der Waals surface area contributed by atoms with E-state index in [4.69, 9.17) is 0 Å². The molecule has 5 nitrogen and oxygen atoms in total. The van der Waals surface area contributed by atoms with Crippen molar-refractivity contribution in [2.75, 3.05) is 11.9 Å². The molecule has 2 rings (SSSR count). The van der Waals surface area contributed by atoms with Crippen molar-refractivity contribution in [1.82, 2.24) is 9.55 Å². The molecule has 21 heavy (non-hydrogen) atoms. The third-order valence-corrected chi connectivity index (χ3v) is 4.25. The molecular formula is C16H27N3O2. The van der Waals surface area contributed by atoms with Gasteiger partial charge in [-0.05, 0) is 24.7 Å². The molecule has 5 heteroatoms. The minimum atomic E-state index is -0.402. The van der Waals surface area contributed by atoms with Crippen LogP contribution in [0.25, 0.3) is 0 Å². The molecule has 1 saturated carbocycles. The second-order valence-corrected chi connectivity index (χ2v) is 6.89. The molecular weight excluding hydrogens is 266 g/mol. The van der Waals surface area contributed by atoms with E-state index in [1.165, 1.54) is 6.42 Å². The van der Waals surface area contributed by atoms with E-state index in [0.29, 0.717) is 24.2 Å². The van der Waals surface area contributed by atoms with Gasteiger partial charge in [0, 0.05) is 18.9 Å². The molecule has 1 heterocycles. The van der Waals surface area contributed by atoms with Crippen molar-refractivity contribution >= 4 is 5.82 Å². The van der Waals surface area contributed by atoms with Crippen molar-refractivity contribution in [2.45, 2.75) is 58.5 Å². The van der Waals surface area contributed by atoms with Crippen LogP contribution in [0, 0.1) is 11.8 Å². The van der Waals surface area contributed by atoms with Gasteiger partial charge in [0.1, 0.15) is 0 Å². The van der Waals surface area contributed by atoms with Gasteiger partial charge in [0.05, 0.1) is 12.1 Å². The number of rotatable bonds is 5. The summed E-state index contributed by atoms with van der Waals surface area (Å²) in [7, 11) is 0. The summed E-state index contributed by atoms with van der Waals surface area (Å²) in [6.07, 6.45) is 7.40. The summed E-state index contributed by atoms with van der Waals surface area (Å²) in [5.74, 6) is 1.32. The lowest BCUT2D eigenvalue weighted by Gasteiger charge is -2.39. The SMILES string of the molecule is CC(C)Cn1ccnc(NC2(CO)CCCC(C)C2)c1=O. The topological polar surface area (TPSA) is 67.2 Å². The summed E-state index contributed by atoms with van der Waals surface area (Å²) in [5.41, 5.74) is -0.502. The molecule has 0 amide bonds. The number of aromatic nitrogens is 2. The fourth-order valence-electron chi connectivity index (χ4n) is 3.28. The van der Waals surface area contributed by atoms with Crippen LogP contribution in [0.15, 0.2) is 17.2 Å². The molecule has 0 spiro atoms. The van der Waals surface area contributed by atoms with Gasteiger partial charge in [-0.3, -0.25) is 4.79 Å². The van der Waals surface area contributed by atoms with Crippen LogP contribution in [0.2, 0.25) is 0 Å². The third-order valence-electron chi connectivity index (χ3n) is 4.25. The average Bonchev–Trinajstić information content (AvgIpc) is 2.43. The van der Waals surface area contributed by atoms with Crippen molar-refractivity contribution < 1.29 is 5.11 Å². The van der Waals surface area contributed by atoms with Crippen molar-refractivity contribution in [3.8, 4) is 0 Å². The van der Waals surface area contributed by atoms with E-state index in [9.17, 15) is 9.90 Å². The number of nitrogens with one attached hydrogen (secondary N) is 1. The minimum absolute atomic E-state index is 0.0392. The van der Waals surface area contributed by atoms with E-state index < -0.39 is 5.54 Å². The van der Waals surface area contributed by atoms with E-state index in [0.717, 1.165) is 19.3 Å². The highest BCUT2D eigenvalue weighted by Gasteiger charge is 2.35. The third kappa shape index (κ3) is 3.84. The van der Waals surface area contributed by atoms with Crippen molar-refractivity contribution in [2.24, 2.45) is 11.8 Å². The summed E-state index contributed by atoms with van der Waals surface area (Å²) in [4.78, 5) is 16.7. The first kappa shape index (κ1) is 16.0. The molecule has 118 valence electrons. The molecule has 2 N–H and O–H groups in total. The zero-order valence-corrected chi connectivity index (χ0v) is 13.3. The Morgan fingerprint density at radius 3 is 2.95 bits per heavy atom. The Kier molecular flexibility index (Phi) is 5.04. The summed E-state index contributed by atoms with van der Waals surface area (Å²) in [6.45, 7) is 7.08. The minimum Gasteiger partial charge on any atom is -0.394 e. The van der Waals surface area contributed by atoms with E-state index in [1.807, 2.05) is 0 Å². The molecule has 1 aromatic heterocycles. The van der Waals surface area contributed by atoms with Crippen molar-refractivity contribution in [1.29, 1.82) is 0 Å². The highest BCUT2D eigenvalue weighted by Crippen LogP contribution is 2.33. The van der Waals surface area contributed by atoms with Gasteiger partial charge in [-0.25, -0.2) is 4.98 Å². The van der Waals surface area contributed by atoms with Gasteiger partial charge in [0.15, 0.2) is 5.82 Å². The van der Waals surface area contributed by atoms with Crippen LogP contribution in [0.1, 0.15) is 46.5 Å². The number of aliphatic hydroxyl groups is 1. The molecule has 2 atom stereocenters. The van der Waals surface area contributed by atoms with Crippen LogP contribution in [0.4, 0.5) is 5.82 Å². The Balaban J connectivity index is 2.23. The molecule has 0 radical (unpaired) electrons. The first-order valence-electron chi connectivity index (χ1n) is 7.90. The lowest BCUT2D eigenvalue weighted by molar-refractivity contribution is 0.149. The second-order valence-electron chi connectivity index (χ2n) is 6.89.